The zero-order valence-electron chi connectivity index (χ0n) is 11.5. The molecule has 0 saturated heterocycles. The third-order valence-corrected chi connectivity index (χ3v) is 3.34. The van der Waals surface area contributed by atoms with Gasteiger partial charge >= 0.3 is 0 Å². The van der Waals surface area contributed by atoms with Crippen LogP contribution in [0.1, 0.15) is 25.8 Å². The minimum atomic E-state index is -0.656. The highest BCUT2D eigenvalue weighted by atomic mass is 19.1. The third kappa shape index (κ3) is 3.99. The Balaban J connectivity index is 2.73. The Bertz CT molecular complexity index is 451. The van der Waals surface area contributed by atoms with Crippen LogP contribution in [0.5, 0.6) is 0 Å². The molecule has 1 amide bonds. The molecule has 0 aliphatic rings. The first kappa shape index (κ1) is 15.6. The number of amides is 1. The summed E-state index contributed by atoms with van der Waals surface area (Å²) in [4.78, 5) is 13.4. The van der Waals surface area contributed by atoms with Gasteiger partial charge in [0.2, 0.25) is 5.91 Å². The smallest absolute Gasteiger partial charge is 0.239 e. The molecule has 19 heavy (non-hydrogen) atoms. The summed E-state index contributed by atoms with van der Waals surface area (Å²) in [5.41, 5.74) is 6.11. The van der Waals surface area contributed by atoms with E-state index in [1.165, 1.54) is 17.0 Å². The van der Waals surface area contributed by atoms with Crippen LogP contribution in [0.25, 0.3) is 0 Å². The number of rotatable bonds is 5. The predicted octanol–water partition coefficient (Wildman–Crippen LogP) is 2.30. The maximum absolute atomic E-state index is 13.5. The van der Waals surface area contributed by atoms with Crippen LogP contribution in [-0.2, 0) is 11.3 Å². The van der Waals surface area contributed by atoms with E-state index >= 15 is 0 Å². The Hall–Kier alpha value is -1.49. The lowest BCUT2D eigenvalue weighted by molar-refractivity contribution is -0.133. The van der Waals surface area contributed by atoms with Crippen molar-refractivity contribution >= 4 is 5.91 Å². The first-order chi connectivity index (χ1) is 8.86. The molecular formula is C14H20F2N2O. The number of hydrogen-bond donors (Lipinski definition) is 1. The van der Waals surface area contributed by atoms with Gasteiger partial charge < -0.3 is 10.6 Å². The Morgan fingerprint density at radius 1 is 1.42 bits per heavy atom. The molecule has 0 saturated carbocycles. The monoisotopic (exact) mass is 270 g/mol. The third-order valence-electron chi connectivity index (χ3n) is 3.34. The van der Waals surface area contributed by atoms with E-state index in [2.05, 4.69) is 0 Å². The maximum atomic E-state index is 13.5. The van der Waals surface area contributed by atoms with Crippen LogP contribution in [0.4, 0.5) is 8.78 Å². The Labute approximate surface area is 112 Å². The van der Waals surface area contributed by atoms with Crippen LogP contribution in [0.2, 0.25) is 0 Å². The normalized spacial score (nSPS) is 14.0. The number of nitrogens with zero attached hydrogens (tertiary/aromatic N) is 1. The van der Waals surface area contributed by atoms with Gasteiger partial charge in [-0.2, -0.15) is 0 Å². The van der Waals surface area contributed by atoms with E-state index in [-0.39, 0.29) is 23.9 Å². The van der Waals surface area contributed by atoms with Gasteiger partial charge in [0, 0.05) is 25.2 Å². The van der Waals surface area contributed by atoms with Crippen molar-refractivity contribution in [2.45, 2.75) is 32.9 Å². The molecule has 1 rings (SSSR count). The molecule has 1 aromatic carbocycles. The van der Waals surface area contributed by atoms with E-state index in [1.807, 2.05) is 13.8 Å². The fourth-order valence-electron chi connectivity index (χ4n) is 1.74. The fourth-order valence-corrected chi connectivity index (χ4v) is 1.74. The van der Waals surface area contributed by atoms with Crippen molar-refractivity contribution < 1.29 is 13.6 Å². The molecule has 3 nitrogen and oxygen atoms in total. The van der Waals surface area contributed by atoms with Gasteiger partial charge in [-0.15, -0.1) is 0 Å². The van der Waals surface area contributed by atoms with Crippen molar-refractivity contribution in [3.8, 4) is 0 Å². The highest BCUT2D eigenvalue weighted by Crippen LogP contribution is 2.14. The predicted molar refractivity (Wildman–Crippen MR) is 70.3 cm³/mol. The second-order valence-corrected chi connectivity index (χ2v) is 4.84. The number of hydrogen-bond acceptors (Lipinski definition) is 2. The molecule has 0 spiro atoms. The van der Waals surface area contributed by atoms with Gasteiger partial charge in [-0.1, -0.05) is 26.3 Å². The molecule has 2 unspecified atom stereocenters. The minimum absolute atomic E-state index is 0.0630. The van der Waals surface area contributed by atoms with Crippen LogP contribution in [0.15, 0.2) is 18.2 Å². The van der Waals surface area contributed by atoms with Gasteiger partial charge in [-0.3, -0.25) is 4.79 Å². The lowest BCUT2D eigenvalue weighted by atomic mass is 9.99. The fraction of sp³-hybridized carbons (Fsp3) is 0.500. The van der Waals surface area contributed by atoms with Crippen molar-refractivity contribution in [1.29, 1.82) is 0 Å². The molecule has 106 valence electrons. The van der Waals surface area contributed by atoms with Crippen molar-refractivity contribution in [2.24, 2.45) is 11.7 Å². The van der Waals surface area contributed by atoms with Crippen LogP contribution >= 0.6 is 0 Å². The lowest BCUT2D eigenvalue weighted by Crippen LogP contribution is -2.45. The van der Waals surface area contributed by atoms with Gasteiger partial charge in [0.05, 0.1) is 6.04 Å². The van der Waals surface area contributed by atoms with Crippen LogP contribution in [-0.4, -0.2) is 23.9 Å². The molecule has 5 heteroatoms. The molecule has 0 bridgehead atoms. The molecule has 0 aliphatic carbocycles. The second-order valence-electron chi connectivity index (χ2n) is 4.84. The lowest BCUT2D eigenvalue weighted by Gasteiger charge is -2.24. The van der Waals surface area contributed by atoms with Gasteiger partial charge in [0.1, 0.15) is 11.6 Å². The number of likely N-dealkylation sites (N-methyl/N-ethyl adjacent to an activating group) is 1. The average Bonchev–Trinajstić information content (AvgIpc) is 2.39. The van der Waals surface area contributed by atoms with E-state index < -0.39 is 17.7 Å². The highest BCUT2D eigenvalue weighted by Gasteiger charge is 2.23. The molecule has 2 atom stereocenters. The van der Waals surface area contributed by atoms with E-state index in [0.29, 0.717) is 0 Å². The molecule has 0 heterocycles. The molecule has 0 aromatic heterocycles. The Morgan fingerprint density at radius 3 is 2.58 bits per heavy atom. The topological polar surface area (TPSA) is 46.3 Å². The van der Waals surface area contributed by atoms with Gasteiger partial charge in [0.15, 0.2) is 0 Å². The van der Waals surface area contributed by atoms with Crippen molar-refractivity contribution in [3.05, 3.63) is 35.4 Å². The molecule has 0 fully saturated rings. The van der Waals surface area contributed by atoms with Crippen LogP contribution in [0.3, 0.4) is 0 Å². The second kappa shape index (κ2) is 6.61. The van der Waals surface area contributed by atoms with Crippen LogP contribution < -0.4 is 5.73 Å². The summed E-state index contributed by atoms with van der Waals surface area (Å²) in [6, 6.07) is 2.72. The summed E-state index contributed by atoms with van der Waals surface area (Å²) in [5.74, 6) is -1.46. The average molecular weight is 270 g/mol. The summed E-state index contributed by atoms with van der Waals surface area (Å²) in [6.45, 7) is 3.93. The maximum Gasteiger partial charge on any atom is 0.239 e. The zero-order valence-corrected chi connectivity index (χ0v) is 11.5. The van der Waals surface area contributed by atoms with E-state index in [4.69, 9.17) is 5.73 Å². The molecule has 0 aliphatic heterocycles. The minimum Gasteiger partial charge on any atom is -0.340 e. The van der Waals surface area contributed by atoms with Gasteiger partial charge in [-0.05, 0) is 12.0 Å². The molecule has 0 radical (unpaired) electrons. The number of nitrogens with two attached hydrogens (primary N) is 1. The summed E-state index contributed by atoms with van der Waals surface area (Å²) < 4.78 is 26.3. The number of benzene rings is 1. The van der Waals surface area contributed by atoms with Gasteiger partial charge in [0.25, 0.3) is 0 Å². The van der Waals surface area contributed by atoms with Crippen molar-refractivity contribution in [1.82, 2.24) is 4.90 Å². The highest BCUT2D eigenvalue weighted by molar-refractivity contribution is 5.81. The Kier molecular flexibility index (Phi) is 5.42. The SMILES string of the molecule is CCC(C)C(N)C(=O)N(C)Cc1ccc(F)cc1F. The van der Waals surface area contributed by atoms with Crippen molar-refractivity contribution in [3.63, 3.8) is 0 Å². The molecular weight excluding hydrogens is 250 g/mol. The van der Waals surface area contributed by atoms with E-state index in [9.17, 15) is 13.6 Å². The van der Waals surface area contributed by atoms with E-state index in [0.717, 1.165) is 12.5 Å². The first-order valence-corrected chi connectivity index (χ1v) is 6.31. The largest absolute Gasteiger partial charge is 0.340 e. The molecule has 2 N–H and O–H groups in total. The quantitative estimate of drug-likeness (QED) is 0.892. The molecule has 1 aromatic rings. The summed E-state index contributed by atoms with van der Waals surface area (Å²) >= 11 is 0. The Morgan fingerprint density at radius 2 is 2.05 bits per heavy atom. The van der Waals surface area contributed by atoms with Crippen LogP contribution in [0, 0.1) is 17.6 Å². The standard InChI is InChI=1S/C14H20F2N2O/c1-4-9(2)13(17)14(19)18(3)8-10-5-6-11(15)7-12(10)16/h5-7,9,13H,4,8,17H2,1-3H3. The van der Waals surface area contributed by atoms with E-state index in [1.54, 1.807) is 7.05 Å². The van der Waals surface area contributed by atoms with Gasteiger partial charge in [-0.25, -0.2) is 8.78 Å². The zero-order chi connectivity index (χ0) is 14.6. The number of carbonyl (C=O) groups excluding carboxylic acids is 1. The first-order valence-electron chi connectivity index (χ1n) is 6.31. The summed E-state index contributed by atoms with van der Waals surface area (Å²) in [5, 5.41) is 0. The number of halogens is 2. The number of carbonyl (C=O) groups is 1. The summed E-state index contributed by atoms with van der Waals surface area (Å²) in [6.07, 6.45) is 0.797. The van der Waals surface area contributed by atoms with Crippen molar-refractivity contribution in [2.75, 3.05) is 7.05 Å². The summed E-state index contributed by atoms with van der Waals surface area (Å²) in [7, 11) is 1.56.